The van der Waals surface area contributed by atoms with E-state index in [2.05, 4.69) is 10.3 Å². The molecule has 0 radical (unpaired) electrons. The standard InChI is InChI=1S/C14H14FN3O2/c1-10-7-16-3-2-12(10)9-17-8-11-4-13(15)6-14(5-11)18(19)20/h2-7,17H,8-9H2,1H3. The minimum Gasteiger partial charge on any atom is -0.309 e. The van der Waals surface area contributed by atoms with E-state index >= 15 is 0 Å². The minimum absolute atomic E-state index is 0.234. The molecule has 1 aromatic heterocycles. The molecule has 0 bridgehead atoms. The van der Waals surface area contributed by atoms with Crippen LogP contribution in [-0.4, -0.2) is 9.91 Å². The third-order valence-electron chi connectivity index (χ3n) is 2.93. The van der Waals surface area contributed by atoms with Gasteiger partial charge in [-0.15, -0.1) is 0 Å². The number of non-ortho nitro benzene ring substituents is 1. The molecular weight excluding hydrogens is 261 g/mol. The first-order valence-electron chi connectivity index (χ1n) is 6.10. The number of rotatable bonds is 5. The van der Waals surface area contributed by atoms with Crippen molar-refractivity contribution < 1.29 is 9.31 Å². The molecule has 2 rings (SSSR count). The molecule has 0 aliphatic carbocycles. The topological polar surface area (TPSA) is 68.1 Å². The smallest absolute Gasteiger partial charge is 0.272 e. The predicted molar refractivity (Wildman–Crippen MR) is 72.6 cm³/mol. The molecule has 1 aromatic carbocycles. The van der Waals surface area contributed by atoms with E-state index in [-0.39, 0.29) is 5.69 Å². The second kappa shape index (κ2) is 6.21. The summed E-state index contributed by atoms with van der Waals surface area (Å²) in [6, 6.07) is 5.47. The zero-order valence-corrected chi connectivity index (χ0v) is 11.0. The first kappa shape index (κ1) is 14.1. The van der Waals surface area contributed by atoms with Crippen LogP contribution in [0.15, 0.2) is 36.7 Å². The highest BCUT2D eigenvalue weighted by Gasteiger charge is 2.09. The van der Waals surface area contributed by atoms with Crippen molar-refractivity contribution in [1.29, 1.82) is 0 Å². The van der Waals surface area contributed by atoms with E-state index in [0.29, 0.717) is 18.7 Å². The summed E-state index contributed by atoms with van der Waals surface area (Å²) in [5.41, 5.74) is 2.46. The lowest BCUT2D eigenvalue weighted by Crippen LogP contribution is -2.14. The van der Waals surface area contributed by atoms with Crippen LogP contribution < -0.4 is 5.32 Å². The fourth-order valence-corrected chi connectivity index (χ4v) is 1.88. The molecular formula is C14H14FN3O2. The zero-order valence-electron chi connectivity index (χ0n) is 11.0. The molecule has 1 N–H and O–H groups in total. The lowest BCUT2D eigenvalue weighted by molar-refractivity contribution is -0.385. The number of benzene rings is 1. The van der Waals surface area contributed by atoms with Crippen molar-refractivity contribution in [3.8, 4) is 0 Å². The molecule has 20 heavy (non-hydrogen) atoms. The van der Waals surface area contributed by atoms with Gasteiger partial charge in [-0.25, -0.2) is 4.39 Å². The van der Waals surface area contributed by atoms with E-state index in [1.807, 2.05) is 13.0 Å². The van der Waals surface area contributed by atoms with Crippen LogP contribution in [0, 0.1) is 22.9 Å². The summed E-state index contributed by atoms with van der Waals surface area (Å²) in [6.07, 6.45) is 3.47. The number of nitro benzene ring substituents is 1. The summed E-state index contributed by atoms with van der Waals surface area (Å²) < 4.78 is 13.3. The Labute approximate surface area is 115 Å². The Morgan fingerprint density at radius 2 is 2.15 bits per heavy atom. The van der Waals surface area contributed by atoms with Gasteiger partial charge in [0, 0.05) is 31.5 Å². The number of nitrogens with zero attached hydrogens (tertiary/aromatic N) is 2. The molecule has 6 heteroatoms. The fraction of sp³-hybridized carbons (Fsp3) is 0.214. The van der Waals surface area contributed by atoms with Crippen molar-refractivity contribution in [3.63, 3.8) is 0 Å². The summed E-state index contributed by atoms with van der Waals surface area (Å²) in [6.45, 7) is 2.91. The molecule has 0 aliphatic rings. The van der Waals surface area contributed by atoms with Gasteiger partial charge in [-0.2, -0.15) is 0 Å². The average Bonchev–Trinajstić information content (AvgIpc) is 2.40. The molecule has 0 amide bonds. The van der Waals surface area contributed by atoms with Crippen LogP contribution in [0.4, 0.5) is 10.1 Å². The maximum absolute atomic E-state index is 13.3. The number of pyridine rings is 1. The monoisotopic (exact) mass is 275 g/mol. The third kappa shape index (κ3) is 3.58. The highest BCUT2D eigenvalue weighted by atomic mass is 19.1. The second-order valence-corrected chi connectivity index (χ2v) is 4.48. The van der Waals surface area contributed by atoms with Gasteiger partial charge in [0.05, 0.1) is 11.0 Å². The molecule has 0 atom stereocenters. The van der Waals surface area contributed by atoms with Crippen molar-refractivity contribution in [2.45, 2.75) is 20.0 Å². The number of nitro groups is 1. The maximum atomic E-state index is 13.3. The molecule has 0 aliphatic heterocycles. The van der Waals surface area contributed by atoms with Crippen LogP contribution in [0.2, 0.25) is 0 Å². The van der Waals surface area contributed by atoms with Crippen molar-refractivity contribution in [2.24, 2.45) is 0 Å². The Balaban J connectivity index is 2.01. The number of aromatic nitrogens is 1. The largest absolute Gasteiger partial charge is 0.309 e. The van der Waals surface area contributed by atoms with Crippen LogP contribution in [0.3, 0.4) is 0 Å². The molecule has 0 saturated heterocycles. The van der Waals surface area contributed by atoms with Gasteiger partial charge in [0.2, 0.25) is 0 Å². The van der Waals surface area contributed by atoms with E-state index in [4.69, 9.17) is 0 Å². The molecule has 0 spiro atoms. The number of hydrogen-bond donors (Lipinski definition) is 1. The van der Waals surface area contributed by atoms with Gasteiger partial charge in [-0.3, -0.25) is 15.1 Å². The molecule has 0 unspecified atom stereocenters. The van der Waals surface area contributed by atoms with Gasteiger partial charge < -0.3 is 5.32 Å². The highest BCUT2D eigenvalue weighted by molar-refractivity contribution is 5.35. The summed E-state index contributed by atoms with van der Waals surface area (Å²) in [4.78, 5) is 14.1. The Morgan fingerprint density at radius 3 is 2.85 bits per heavy atom. The SMILES string of the molecule is Cc1cnccc1CNCc1cc(F)cc([N+](=O)[O-])c1. The van der Waals surface area contributed by atoms with E-state index in [0.717, 1.165) is 17.2 Å². The first-order chi connectivity index (χ1) is 9.56. The quantitative estimate of drug-likeness (QED) is 0.673. The Bertz CT molecular complexity index is 632. The van der Waals surface area contributed by atoms with Crippen LogP contribution in [-0.2, 0) is 13.1 Å². The van der Waals surface area contributed by atoms with E-state index in [1.165, 1.54) is 12.1 Å². The molecule has 0 fully saturated rings. The lowest BCUT2D eigenvalue weighted by atomic mass is 10.1. The second-order valence-electron chi connectivity index (χ2n) is 4.48. The van der Waals surface area contributed by atoms with Crippen LogP contribution in [0.25, 0.3) is 0 Å². The fourth-order valence-electron chi connectivity index (χ4n) is 1.88. The Kier molecular flexibility index (Phi) is 4.37. The van der Waals surface area contributed by atoms with Gasteiger partial charge in [0.1, 0.15) is 5.82 Å². The minimum atomic E-state index is -0.601. The number of hydrogen-bond acceptors (Lipinski definition) is 4. The lowest BCUT2D eigenvalue weighted by Gasteiger charge is -2.07. The number of halogens is 1. The van der Waals surface area contributed by atoms with E-state index < -0.39 is 10.7 Å². The summed E-state index contributed by atoms with van der Waals surface area (Å²) in [7, 11) is 0. The van der Waals surface area contributed by atoms with Gasteiger partial charge in [-0.05, 0) is 35.7 Å². The summed E-state index contributed by atoms with van der Waals surface area (Å²) in [5, 5.41) is 13.8. The molecule has 0 saturated carbocycles. The number of aryl methyl sites for hydroxylation is 1. The maximum Gasteiger partial charge on any atom is 0.272 e. The highest BCUT2D eigenvalue weighted by Crippen LogP contribution is 2.16. The van der Waals surface area contributed by atoms with E-state index in [9.17, 15) is 14.5 Å². The molecule has 5 nitrogen and oxygen atoms in total. The average molecular weight is 275 g/mol. The van der Waals surface area contributed by atoms with Crippen LogP contribution in [0.1, 0.15) is 16.7 Å². The molecule has 104 valence electrons. The zero-order chi connectivity index (χ0) is 14.5. The first-order valence-corrected chi connectivity index (χ1v) is 6.10. The van der Waals surface area contributed by atoms with Crippen LogP contribution >= 0.6 is 0 Å². The van der Waals surface area contributed by atoms with Gasteiger partial charge in [0.25, 0.3) is 5.69 Å². The number of nitrogens with one attached hydrogen (secondary N) is 1. The van der Waals surface area contributed by atoms with E-state index in [1.54, 1.807) is 12.4 Å². The normalized spacial score (nSPS) is 10.5. The van der Waals surface area contributed by atoms with Crippen molar-refractivity contribution in [2.75, 3.05) is 0 Å². The summed E-state index contributed by atoms with van der Waals surface area (Å²) in [5.74, 6) is -0.601. The van der Waals surface area contributed by atoms with Crippen molar-refractivity contribution >= 4 is 5.69 Å². The molecule has 1 heterocycles. The van der Waals surface area contributed by atoms with Gasteiger partial charge in [0.15, 0.2) is 0 Å². The predicted octanol–water partition coefficient (Wildman–Crippen LogP) is 2.73. The van der Waals surface area contributed by atoms with Crippen LogP contribution in [0.5, 0.6) is 0 Å². The van der Waals surface area contributed by atoms with Crippen molar-refractivity contribution in [3.05, 3.63) is 69.3 Å². The Hall–Kier alpha value is -2.34. The van der Waals surface area contributed by atoms with Gasteiger partial charge >= 0.3 is 0 Å². The van der Waals surface area contributed by atoms with Gasteiger partial charge in [-0.1, -0.05) is 0 Å². The molecule has 2 aromatic rings. The van der Waals surface area contributed by atoms with Crippen molar-refractivity contribution in [1.82, 2.24) is 10.3 Å². The summed E-state index contributed by atoms with van der Waals surface area (Å²) >= 11 is 0. The Morgan fingerprint density at radius 1 is 1.35 bits per heavy atom. The third-order valence-corrected chi connectivity index (χ3v) is 2.93.